The van der Waals surface area contributed by atoms with Crippen LogP contribution >= 0.6 is 11.5 Å². The lowest BCUT2D eigenvalue weighted by Gasteiger charge is -2.19. The molecule has 0 saturated carbocycles. The van der Waals surface area contributed by atoms with Crippen molar-refractivity contribution in [2.45, 2.75) is 33.3 Å². The number of hydrogen-bond donors (Lipinski definition) is 1. The minimum Gasteiger partial charge on any atom is -0.465 e. The number of methoxy groups -OCH3 is 1. The summed E-state index contributed by atoms with van der Waals surface area (Å²) < 4.78 is 13.7. The van der Waals surface area contributed by atoms with Crippen LogP contribution in [0.15, 0.2) is 0 Å². The van der Waals surface area contributed by atoms with Gasteiger partial charge in [-0.25, -0.2) is 9.59 Å². The van der Waals surface area contributed by atoms with Crippen LogP contribution in [0.5, 0.6) is 0 Å². The molecule has 1 amide bonds. The lowest BCUT2D eigenvalue weighted by atomic mass is 10.2. The fourth-order valence-corrected chi connectivity index (χ4v) is 1.89. The van der Waals surface area contributed by atoms with Gasteiger partial charge in [-0.3, -0.25) is 5.32 Å². The molecule has 0 aliphatic rings. The van der Waals surface area contributed by atoms with Gasteiger partial charge in [0, 0.05) is 5.56 Å². The Bertz CT molecular complexity index is 462. The highest BCUT2D eigenvalue weighted by Gasteiger charge is 2.21. The lowest BCUT2D eigenvalue weighted by Crippen LogP contribution is -2.27. The molecule has 6 nitrogen and oxygen atoms in total. The molecule has 1 N–H and O–H groups in total. The Balaban J connectivity index is 2.78. The van der Waals surface area contributed by atoms with Crippen molar-refractivity contribution >= 4 is 29.4 Å². The maximum atomic E-state index is 11.5. The summed E-state index contributed by atoms with van der Waals surface area (Å²) in [6.07, 6.45) is -0.604. The van der Waals surface area contributed by atoms with Gasteiger partial charge in [0.05, 0.1) is 7.11 Å². The van der Waals surface area contributed by atoms with Crippen molar-refractivity contribution in [2.24, 2.45) is 0 Å². The van der Waals surface area contributed by atoms with E-state index in [9.17, 15) is 9.59 Å². The Hall–Kier alpha value is -1.63. The molecule has 0 atom stereocenters. The minimum atomic E-state index is -0.604. The summed E-state index contributed by atoms with van der Waals surface area (Å²) in [6.45, 7) is 6.98. The highest BCUT2D eigenvalue weighted by atomic mass is 32.1. The highest BCUT2D eigenvalue weighted by Crippen LogP contribution is 2.23. The van der Waals surface area contributed by atoms with E-state index in [1.54, 1.807) is 27.7 Å². The molecule has 0 aliphatic carbocycles. The predicted molar refractivity (Wildman–Crippen MR) is 68.0 cm³/mol. The number of carbonyl (C=O) groups is 2. The highest BCUT2D eigenvalue weighted by molar-refractivity contribution is 7.08. The Kier molecular flexibility index (Phi) is 4.28. The van der Waals surface area contributed by atoms with Gasteiger partial charge in [0.15, 0.2) is 5.82 Å². The lowest BCUT2D eigenvalue weighted by molar-refractivity contribution is 0.0600. The van der Waals surface area contributed by atoms with Crippen molar-refractivity contribution in [2.75, 3.05) is 12.4 Å². The number of esters is 1. The number of nitrogens with one attached hydrogen (secondary N) is 1. The molecule has 18 heavy (non-hydrogen) atoms. The largest absolute Gasteiger partial charge is 0.465 e. The van der Waals surface area contributed by atoms with E-state index in [4.69, 9.17) is 4.74 Å². The van der Waals surface area contributed by atoms with Crippen molar-refractivity contribution in [3.05, 3.63) is 10.4 Å². The van der Waals surface area contributed by atoms with Gasteiger partial charge in [-0.1, -0.05) is 0 Å². The molecule has 0 radical (unpaired) electrons. The van der Waals surface area contributed by atoms with Crippen LogP contribution in [-0.4, -0.2) is 29.1 Å². The molecule has 0 saturated heterocycles. The van der Waals surface area contributed by atoms with Crippen molar-refractivity contribution in [3.8, 4) is 0 Å². The number of aromatic nitrogens is 1. The average molecular weight is 272 g/mol. The summed E-state index contributed by atoms with van der Waals surface area (Å²) >= 11 is 0.974. The average Bonchev–Trinajstić information content (AvgIpc) is 2.57. The third-order valence-electron chi connectivity index (χ3n) is 1.91. The summed E-state index contributed by atoms with van der Waals surface area (Å²) in [6, 6.07) is 0. The zero-order valence-corrected chi connectivity index (χ0v) is 11.8. The van der Waals surface area contributed by atoms with E-state index in [1.165, 1.54) is 7.11 Å². The maximum absolute atomic E-state index is 11.5. The van der Waals surface area contributed by atoms with Crippen LogP contribution in [0.2, 0.25) is 0 Å². The molecule has 100 valence electrons. The number of hydrogen-bond acceptors (Lipinski definition) is 6. The first-order chi connectivity index (χ1) is 8.24. The topological polar surface area (TPSA) is 77.5 Å². The van der Waals surface area contributed by atoms with Gasteiger partial charge in [0.25, 0.3) is 0 Å². The zero-order chi connectivity index (χ0) is 13.9. The summed E-state index contributed by atoms with van der Waals surface area (Å²) in [5, 5.41) is 2.50. The van der Waals surface area contributed by atoms with Gasteiger partial charge in [0.2, 0.25) is 0 Å². The predicted octanol–water partition coefficient (Wildman–Crippen LogP) is 2.59. The summed E-state index contributed by atoms with van der Waals surface area (Å²) in [7, 11) is 1.29. The molecule has 0 unspecified atom stereocenters. The van der Waals surface area contributed by atoms with E-state index >= 15 is 0 Å². The third kappa shape index (κ3) is 3.69. The number of carbonyl (C=O) groups excluding carboxylic acids is 2. The van der Waals surface area contributed by atoms with Crippen molar-refractivity contribution in [3.63, 3.8) is 0 Å². The van der Waals surface area contributed by atoms with Gasteiger partial charge >= 0.3 is 12.1 Å². The van der Waals surface area contributed by atoms with E-state index in [-0.39, 0.29) is 0 Å². The molecule has 1 aromatic heterocycles. The van der Waals surface area contributed by atoms with Crippen LogP contribution in [0.25, 0.3) is 0 Å². The van der Waals surface area contributed by atoms with Crippen LogP contribution in [-0.2, 0) is 9.47 Å². The van der Waals surface area contributed by atoms with Gasteiger partial charge in [-0.2, -0.15) is 4.37 Å². The minimum absolute atomic E-state index is 0.314. The summed E-state index contributed by atoms with van der Waals surface area (Å²) in [4.78, 5) is 23.3. The Morgan fingerprint density at radius 3 is 2.44 bits per heavy atom. The number of anilines is 1. The Labute approximate surface area is 109 Å². The molecule has 0 spiro atoms. The monoisotopic (exact) mass is 272 g/mol. The van der Waals surface area contributed by atoms with Crippen LogP contribution < -0.4 is 5.32 Å². The van der Waals surface area contributed by atoms with E-state index < -0.39 is 17.7 Å². The molecular formula is C11H16N2O4S. The molecule has 1 rings (SSSR count). The molecule has 1 heterocycles. The standard InChI is InChI=1S/C11H16N2O4S/c1-6-7(9(14)16-5)18-13-8(6)12-10(15)17-11(2,3)4/h1-5H3,(H,12,13,15). The molecule has 0 fully saturated rings. The third-order valence-corrected chi connectivity index (χ3v) is 2.84. The second kappa shape index (κ2) is 5.34. The van der Waals surface area contributed by atoms with Gasteiger partial charge in [-0.05, 0) is 39.2 Å². The number of rotatable bonds is 2. The fraction of sp³-hybridized carbons (Fsp3) is 0.545. The van der Waals surface area contributed by atoms with Crippen LogP contribution in [0, 0.1) is 6.92 Å². The van der Waals surface area contributed by atoms with Crippen LogP contribution in [0.3, 0.4) is 0 Å². The van der Waals surface area contributed by atoms with Gasteiger partial charge < -0.3 is 9.47 Å². The van der Waals surface area contributed by atoms with E-state index in [0.29, 0.717) is 16.3 Å². The molecule has 0 aromatic carbocycles. The van der Waals surface area contributed by atoms with E-state index in [1.807, 2.05) is 0 Å². The first kappa shape index (κ1) is 14.4. The van der Waals surface area contributed by atoms with Crippen molar-refractivity contribution in [1.29, 1.82) is 0 Å². The SMILES string of the molecule is COC(=O)c1snc(NC(=O)OC(C)(C)C)c1C. The Morgan fingerprint density at radius 1 is 1.33 bits per heavy atom. The normalized spacial score (nSPS) is 10.9. The van der Waals surface area contributed by atoms with Crippen LogP contribution in [0.4, 0.5) is 10.6 Å². The molecule has 7 heteroatoms. The first-order valence-electron chi connectivity index (χ1n) is 5.29. The van der Waals surface area contributed by atoms with E-state index in [0.717, 1.165) is 11.5 Å². The van der Waals surface area contributed by atoms with Gasteiger partial charge in [0.1, 0.15) is 10.5 Å². The Morgan fingerprint density at radius 2 is 1.94 bits per heavy atom. The number of nitrogens with zero attached hydrogens (tertiary/aromatic N) is 1. The smallest absolute Gasteiger partial charge is 0.413 e. The fourth-order valence-electron chi connectivity index (χ4n) is 1.14. The molecule has 0 aliphatic heterocycles. The summed E-state index contributed by atoms with van der Waals surface area (Å²) in [5.74, 6) is -0.156. The summed E-state index contributed by atoms with van der Waals surface area (Å²) in [5.41, 5.74) is -0.0168. The van der Waals surface area contributed by atoms with Crippen molar-refractivity contribution < 1.29 is 19.1 Å². The van der Waals surface area contributed by atoms with E-state index in [2.05, 4.69) is 14.4 Å². The van der Waals surface area contributed by atoms with Crippen LogP contribution in [0.1, 0.15) is 36.0 Å². The maximum Gasteiger partial charge on any atom is 0.413 e. The zero-order valence-electron chi connectivity index (χ0n) is 11.0. The molecule has 1 aromatic rings. The quantitative estimate of drug-likeness (QED) is 0.837. The first-order valence-corrected chi connectivity index (χ1v) is 6.06. The number of ether oxygens (including phenoxy) is 2. The second-order valence-electron chi connectivity index (χ2n) is 4.60. The van der Waals surface area contributed by atoms with Crippen molar-refractivity contribution in [1.82, 2.24) is 4.37 Å². The number of amides is 1. The molecule has 0 bridgehead atoms. The molecular weight excluding hydrogens is 256 g/mol. The second-order valence-corrected chi connectivity index (χ2v) is 5.38. The van der Waals surface area contributed by atoms with Gasteiger partial charge in [-0.15, -0.1) is 0 Å².